The van der Waals surface area contributed by atoms with E-state index in [0.717, 1.165) is 68.8 Å². The zero-order valence-electron chi connectivity index (χ0n) is 18.4. The van der Waals surface area contributed by atoms with Gasteiger partial charge in [-0.25, -0.2) is 9.48 Å². The number of pyridine rings is 1. The highest BCUT2D eigenvalue weighted by Gasteiger charge is 2.39. The Balaban J connectivity index is 1.14. The number of aliphatic hydroxyl groups is 1. The Kier molecular flexibility index (Phi) is 5.64. The molecule has 3 aliphatic heterocycles. The minimum Gasteiger partial charge on any atom is -0.456 e. The van der Waals surface area contributed by atoms with Gasteiger partial charge in [0.2, 0.25) is 0 Å². The Bertz CT molecular complexity index is 989. The van der Waals surface area contributed by atoms with Crippen LogP contribution in [0.5, 0.6) is 0 Å². The van der Waals surface area contributed by atoms with E-state index in [-0.39, 0.29) is 5.97 Å². The number of β-amino-alcohol motifs (C(OH)–C–C–N with tert-alkyl or cyclic N) is 1. The number of piperidine rings is 2. The normalized spacial score (nSPS) is 22.4. The molecule has 5 rings (SSSR count). The van der Waals surface area contributed by atoms with Crippen LogP contribution in [0.3, 0.4) is 0 Å². The smallest absolute Gasteiger partial charge is 0.335 e. The van der Waals surface area contributed by atoms with E-state index in [1.807, 2.05) is 19.1 Å². The van der Waals surface area contributed by atoms with Crippen LogP contribution in [0.4, 0.5) is 0 Å². The summed E-state index contributed by atoms with van der Waals surface area (Å²) in [5.74, 6) is -0.176. The van der Waals surface area contributed by atoms with Crippen LogP contribution in [-0.2, 0) is 9.53 Å². The van der Waals surface area contributed by atoms with Gasteiger partial charge >= 0.3 is 5.97 Å². The highest BCUT2D eigenvalue weighted by molar-refractivity contribution is 5.90. The molecule has 10 heteroatoms. The van der Waals surface area contributed by atoms with Crippen LogP contribution in [0.2, 0.25) is 0 Å². The lowest BCUT2D eigenvalue weighted by Gasteiger charge is -2.47. The molecule has 1 atom stereocenters. The maximum Gasteiger partial charge on any atom is 0.335 e. The number of carbonyl (C=O) groups is 1. The fourth-order valence-electron chi connectivity index (χ4n) is 5.14. The van der Waals surface area contributed by atoms with Crippen molar-refractivity contribution >= 4 is 5.97 Å². The third kappa shape index (κ3) is 4.12. The van der Waals surface area contributed by atoms with Crippen LogP contribution in [0.1, 0.15) is 44.4 Å². The number of aromatic nitrogens is 5. The van der Waals surface area contributed by atoms with Crippen molar-refractivity contribution in [1.82, 2.24) is 35.0 Å². The van der Waals surface area contributed by atoms with Gasteiger partial charge in [0.05, 0.1) is 22.7 Å². The van der Waals surface area contributed by atoms with Crippen molar-refractivity contribution in [2.45, 2.75) is 38.7 Å². The predicted molar refractivity (Wildman–Crippen MR) is 114 cm³/mol. The zero-order chi connectivity index (χ0) is 22.1. The Morgan fingerprint density at radius 1 is 1.19 bits per heavy atom. The van der Waals surface area contributed by atoms with E-state index < -0.39 is 6.10 Å². The maximum atomic E-state index is 11.7. The maximum absolute atomic E-state index is 11.7. The first-order valence-electron chi connectivity index (χ1n) is 11.2. The fourth-order valence-corrected chi connectivity index (χ4v) is 5.14. The molecule has 0 amide bonds. The molecule has 10 nitrogen and oxygen atoms in total. The molecule has 170 valence electrons. The Labute approximate surface area is 186 Å². The van der Waals surface area contributed by atoms with E-state index in [1.54, 1.807) is 10.9 Å². The Hall–Kier alpha value is -2.85. The van der Waals surface area contributed by atoms with Crippen LogP contribution in [-0.4, -0.2) is 85.4 Å². The van der Waals surface area contributed by atoms with Crippen molar-refractivity contribution < 1.29 is 14.6 Å². The number of hydrogen-bond acceptors (Lipinski definition) is 9. The number of rotatable bonds is 5. The number of nitrogens with zero attached hydrogens (tertiary/aromatic N) is 7. The number of hydrogen-bond donors (Lipinski definition) is 1. The average Bonchev–Trinajstić information content (AvgIpc) is 3.47. The Morgan fingerprint density at radius 2 is 1.94 bits per heavy atom. The molecule has 32 heavy (non-hydrogen) atoms. The van der Waals surface area contributed by atoms with Gasteiger partial charge in [-0.15, -0.1) is 5.10 Å². The third-order valence-electron chi connectivity index (χ3n) is 7.35. The molecule has 1 N–H and O–H groups in total. The first kappa shape index (κ1) is 21.0. The zero-order valence-corrected chi connectivity index (χ0v) is 18.4. The number of ether oxygens (including phenoxy) is 1. The largest absolute Gasteiger partial charge is 0.456 e. The van der Waals surface area contributed by atoms with Gasteiger partial charge in [0.15, 0.2) is 0 Å². The lowest BCUT2D eigenvalue weighted by molar-refractivity contribution is -0.136. The number of tetrazole rings is 1. The summed E-state index contributed by atoms with van der Waals surface area (Å²) in [5, 5.41) is 22.0. The van der Waals surface area contributed by atoms with Crippen molar-refractivity contribution in [2.24, 2.45) is 5.41 Å². The van der Waals surface area contributed by atoms with Crippen LogP contribution in [0.25, 0.3) is 5.69 Å². The Morgan fingerprint density at radius 3 is 2.59 bits per heavy atom. The topological polar surface area (TPSA) is 110 Å². The molecule has 2 aromatic rings. The molecular formula is C22H29N7O3. The number of aliphatic hydroxyl groups excluding tert-OH is 1. The van der Waals surface area contributed by atoms with E-state index in [4.69, 9.17) is 4.74 Å². The highest BCUT2D eigenvalue weighted by atomic mass is 16.5. The van der Waals surface area contributed by atoms with Crippen LogP contribution < -0.4 is 0 Å². The fraction of sp³-hybridized carbons (Fsp3) is 0.591. The third-order valence-corrected chi connectivity index (χ3v) is 7.35. The van der Waals surface area contributed by atoms with Crippen molar-refractivity contribution in [1.29, 1.82) is 0 Å². The van der Waals surface area contributed by atoms with Crippen molar-refractivity contribution in [2.75, 3.05) is 39.3 Å². The van der Waals surface area contributed by atoms with E-state index in [0.29, 0.717) is 24.3 Å². The first-order valence-corrected chi connectivity index (χ1v) is 11.2. The first-order chi connectivity index (χ1) is 15.5. The standard InChI is InChI=1S/C22H29N7O3/c1-16-19(14-32-21(16)31)28-10-5-22(6-11-28)3-8-27(9-4-22)13-20(30)18-12-17(2-7-23-18)29-15-24-25-26-29/h2,7,12,15,20,30H,3-6,8-11,13-14H2,1H3/t20-/m1/s1. The van der Waals surface area contributed by atoms with Gasteiger partial charge in [0.1, 0.15) is 19.0 Å². The van der Waals surface area contributed by atoms with Crippen LogP contribution in [0, 0.1) is 5.41 Å². The summed E-state index contributed by atoms with van der Waals surface area (Å²) in [7, 11) is 0. The molecular weight excluding hydrogens is 410 g/mol. The van der Waals surface area contributed by atoms with Crippen LogP contribution in [0.15, 0.2) is 35.9 Å². The molecule has 0 aliphatic carbocycles. The molecule has 0 bridgehead atoms. The van der Waals surface area contributed by atoms with Gasteiger partial charge < -0.3 is 19.6 Å². The predicted octanol–water partition coefficient (Wildman–Crippen LogP) is 1.10. The molecule has 5 heterocycles. The number of likely N-dealkylation sites (tertiary alicyclic amines) is 2. The monoisotopic (exact) mass is 439 g/mol. The number of cyclic esters (lactones) is 1. The van der Waals surface area contributed by atoms with Gasteiger partial charge in [-0.05, 0) is 73.7 Å². The van der Waals surface area contributed by atoms with Gasteiger partial charge in [0.25, 0.3) is 0 Å². The molecule has 3 aliphatic rings. The lowest BCUT2D eigenvalue weighted by atomic mass is 9.71. The second-order valence-electron chi connectivity index (χ2n) is 9.14. The minimum atomic E-state index is -0.655. The molecule has 2 saturated heterocycles. The molecule has 0 saturated carbocycles. The summed E-state index contributed by atoms with van der Waals surface area (Å²) in [6.07, 6.45) is 7.11. The van der Waals surface area contributed by atoms with E-state index in [9.17, 15) is 9.90 Å². The molecule has 2 aromatic heterocycles. The molecule has 0 unspecified atom stereocenters. The average molecular weight is 440 g/mol. The van der Waals surface area contributed by atoms with Crippen molar-refractivity contribution in [3.8, 4) is 5.69 Å². The van der Waals surface area contributed by atoms with E-state index >= 15 is 0 Å². The van der Waals surface area contributed by atoms with Gasteiger partial charge in [-0.1, -0.05) is 0 Å². The summed E-state index contributed by atoms with van der Waals surface area (Å²) in [4.78, 5) is 20.7. The molecule has 0 radical (unpaired) electrons. The molecule has 0 aromatic carbocycles. The second kappa shape index (κ2) is 8.59. The van der Waals surface area contributed by atoms with Crippen molar-refractivity contribution in [3.63, 3.8) is 0 Å². The summed E-state index contributed by atoms with van der Waals surface area (Å²) in [6.45, 7) is 6.79. The summed E-state index contributed by atoms with van der Waals surface area (Å²) < 4.78 is 6.74. The van der Waals surface area contributed by atoms with Crippen molar-refractivity contribution in [3.05, 3.63) is 41.6 Å². The number of esters is 1. The molecule has 1 spiro atoms. The summed E-state index contributed by atoms with van der Waals surface area (Å²) in [5.41, 5.74) is 3.62. The van der Waals surface area contributed by atoms with Gasteiger partial charge in [-0.2, -0.15) is 0 Å². The van der Waals surface area contributed by atoms with Gasteiger partial charge in [-0.3, -0.25) is 4.98 Å². The highest BCUT2D eigenvalue weighted by Crippen LogP contribution is 2.42. The van der Waals surface area contributed by atoms with E-state index in [1.165, 1.54) is 6.33 Å². The minimum absolute atomic E-state index is 0.176. The summed E-state index contributed by atoms with van der Waals surface area (Å²) >= 11 is 0. The van der Waals surface area contributed by atoms with E-state index in [2.05, 4.69) is 30.3 Å². The quantitative estimate of drug-likeness (QED) is 0.685. The number of carbonyl (C=O) groups excluding carboxylic acids is 1. The summed E-state index contributed by atoms with van der Waals surface area (Å²) in [6, 6.07) is 3.64. The SMILES string of the molecule is CC1=C(N2CCC3(CCN(C[C@@H](O)c4cc(-n5cnnn5)ccn4)CC3)CC2)COC1=O. The van der Waals surface area contributed by atoms with Gasteiger partial charge in [0, 0.05) is 25.8 Å². The second-order valence-corrected chi connectivity index (χ2v) is 9.14. The molecule has 2 fully saturated rings. The van der Waals surface area contributed by atoms with Crippen LogP contribution >= 0.6 is 0 Å². The lowest BCUT2D eigenvalue weighted by Crippen LogP contribution is -2.47.